The molecule has 2 unspecified atom stereocenters. The van der Waals surface area contributed by atoms with E-state index < -0.39 is 5.72 Å². The van der Waals surface area contributed by atoms with Crippen LogP contribution in [0.25, 0.3) is 6.08 Å². The van der Waals surface area contributed by atoms with Crippen molar-refractivity contribution >= 4 is 35.0 Å². The van der Waals surface area contributed by atoms with Crippen LogP contribution >= 0.6 is 23.2 Å². The SMILES string of the molecule is CC1Cc2ccccc2N1C12CCCCC1=Cc1cc(Cl)cc(Cl)c1O2. The lowest BCUT2D eigenvalue weighted by Crippen LogP contribution is -2.59. The molecule has 1 fully saturated rings. The van der Waals surface area contributed by atoms with Gasteiger partial charge in [-0.2, -0.15) is 0 Å². The highest BCUT2D eigenvalue weighted by Gasteiger charge is 2.50. The average Bonchev–Trinajstić information content (AvgIpc) is 2.96. The number of hydrogen-bond acceptors (Lipinski definition) is 2. The molecule has 0 N–H and O–H groups in total. The molecule has 2 nitrogen and oxygen atoms in total. The third kappa shape index (κ3) is 2.32. The maximum Gasteiger partial charge on any atom is 0.206 e. The van der Waals surface area contributed by atoms with Gasteiger partial charge in [-0.3, -0.25) is 0 Å². The number of fused-ring (bicyclic) bond motifs is 3. The molecule has 2 aromatic rings. The van der Waals surface area contributed by atoms with Gasteiger partial charge in [0.2, 0.25) is 5.72 Å². The Morgan fingerprint density at radius 2 is 2.00 bits per heavy atom. The van der Waals surface area contributed by atoms with E-state index in [1.54, 1.807) is 6.07 Å². The van der Waals surface area contributed by atoms with Gasteiger partial charge in [-0.05, 0) is 68.0 Å². The zero-order valence-corrected chi connectivity index (χ0v) is 16.3. The summed E-state index contributed by atoms with van der Waals surface area (Å²) in [5, 5.41) is 1.24. The largest absolute Gasteiger partial charge is 0.462 e. The van der Waals surface area contributed by atoms with E-state index in [-0.39, 0.29) is 0 Å². The molecule has 2 atom stereocenters. The fourth-order valence-electron chi connectivity index (χ4n) is 4.93. The van der Waals surface area contributed by atoms with E-state index in [9.17, 15) is 0 Å². The van der Waals surface area contributed by atoms with Crippen LogP contribution in [-0.4, -0.2) is 11.8 Å². The van der Waals surface area contributed by atoms with E-state index in [2.05, 4.69) is 42.2 Å². The molecule has 3 aliphatic rings. The summed E-state index contributed by atoms with van der Waals surface area (Å²) < 4.78 is 6.79. The van der Waals surface area contributed by atoms with Crippen molar-refractivity contribution in [2.75, 3.05) is 4.90 Å². The molecule has 134 valence electrons. The van der Waals surface area contributed by atoms with Gasteiger partial charge in [0.15, 0.2) is 0 Å². The van der Waals surface area contributed by atoms with E-state index in [0.717, 1.165) is 37.0 Å². The molecular weight excluding hydrogens is 365 g/mol. The molecule has 2 heterocycles. The standard InChI is InChI=1S/C22H21Cl2NO/c1-14-10-15-6-2-3-8-20(15)25(14)22-9-5-4-7-17(22)11-16-12-18(23)13-19(24)21(16)26-22/h2-3,6,8,11-14H,4-5,7,9-10H2,1H3. The van der Waals surface area contributed by atoms with Crippen molar-refractivity contribution in [2.24, 2.45) is 0 Å². The van der Waals surface area contributed by atoms with E-state index in [1.165, 1.54) is 23.2 Å². The Hall–Kier alpha value is -1.64. The van der Waals surface area contributed by atoms with Gasteiger partial charge in [0.1, 0.15) is 5.75 Å². The van der Waals surface area contributed by atoms with E-state index >= 15 is 0 Å². The Morgan fingerprint density at radius 3 is 2.88 bits per heavy atom. The Balaban J connectivity index is 1.70. The van der Waals surface area contributed by atoms with E-state index in [1.807, 2.05) is 6.07 Å². The minimum atomic E-state index is -0.436. The molecule has 1 aliphatic carbocycles. The fourth-order valence-corrected chi connectivity index (χ4v) is 5.48. The third-order valence-electron chi connectivity index (χ3n) is 5.95. The van der Waals surface area contributed by atoms with Crippen LogP contribution in [0.15, 0.2) is 42.0 Å². The van der Waals surface area contributed by atoms with Gasteiger partial charge in [-0.15, -0.1) is 0 Å². The van der Waals surface area contributed by atoms with Gasteiger partial charge < -0.3 is 9.64 Å². The summed E-state index contributed by atoms with van der Waals surface area (Å²) in [6.45, 7) is 2.29. The van der Waals surface area contributed by atoms with Crippen LogP contribution in [0.1, 0.15) is 43.7 Å². The minimum Gasteiger partial charge on any atom is -0.462 e. The number of benzene rings is 2. The molecule has 2 aliphatic heterocycles. The summed E-state index contributed by atoms with van der Waals surface area (Å²) >= 11 is 12.8. The van der Waals surface area contributed by atoms with E-state index in [4.69, 9.17) is 27.9 Å². The number of anilines is 1. The molecule has 5 rings (SSSR count). The number of ether oxygens (including phenoxy) is 1. The number of nitrogens with zero attached hydrogens (tertiary/aromatic N) is 1. The normalized spacial score (nSPS) is 26.5. The summed E-state index contributed by atoms with van der Waals surface area (Å²) in [7, 11) is 0. The van der Waals surface area contributed by atoms with Crippen molar-refractivity contribution in [3.8, 4) is 5.75 Å². The Kier molecular flexibility index (Phi) is 3.77. The fraction of sp³-hybridized carbons (Fsp3) is 0.364. The van der Waals surface area contributed by atoms with Crippen molar-refractivity contribution < 1.29 is 4.74 Å². The summed E-state index contributed by atoms with van der Waals surface area (Å²) in [5.74, 6) is 0.762. The van der Waals surface area contributed by atoms with Gasteiger partial charge in [0.25, 0.3) is 0 Å². The molecule has 26 heavy (non-hydrogen) atoms. The molecule has 0 aromatic heterocycles. The first kappa shape index (κ1) is 16.5. The van der Waals surface area contributed by atoms with Gasteiger partial charge in [0.05, 0.1) is 5.02 Å². The highest BCUT2D eigenvalue weighted by Crippen LogP contribution is 2.52. The predicted molar refractivity (Wildman–Crippen MR) is 108 cm³/mol. The first-order valence-corrected chi connectivity index (χ1v) is 10.1. The summed E-state index contributed by atoms with van der Waals surface area (Å²) in [4.78, 5) is 2.50. The second kappa shape index (κ2) is 5.94. The highest BCUT2D eigenvalue weighted by atomic mass is 35.5. The van der Waals surface area contributed by atoms with Crippen LogP contribution in [0.4, 0.5) is 5.69 Å². The number of para-hydroxylation sites is 1. The van der Waals surface area contributed by atoms with Crippen LogP contribution in [0, 0.1) is 0 Å². The predicted octanol–water partition coefficient (Wildman–Crippen LogP) is 6.49. The Labute approximate surface area is 164 Å². The molecular formula is C22H21Cl2NO. The molecule has 0 amide bonds. The van der Waals surface area contributed by atoms with Crippen molar-refractivity contribution in [3.63, 3.8) is 0 Å². The van der Waals surface area contributed by atoms with Crippen molar-refractivity contribution in [3.05, 3.63) is 63.1 Å². The molecule has 0 bridgehead atoms. The van der Waals surface area contributed by atoms with Crippen molar-refractivity contribution in [1.29, 1.82) is 0 Å². The van der Waals surface area contributed by atoms with Gasteiger partial charge in [0, 0.05) is 28.7 Å². The summed E-state index contributed by atoms with van der Waals surface area (Å²) in [5.41, 5.74) is 4.60. The van der Waals surface area contributed by atoms with Crippen molar-refractivity contribution in [1.82, 2.24) is 0 Å². The minimum absolute atomic E-state index is 0.390. The van der Waals surface area contributed by atoms with Crippen LogP contribution in [-0.2, 0) is 6.42 Å². The third-order valence-corrected chi connectivity index (χ3v) is 6.45. The van der Waals surface area contributed by atoms with Crippen molar-refractivity contribution in [2.45, 2.75) is 50.8 Å². The first-order valence-electron chi connectivity index (χ1n) is 9.35. The Morgan fingerprint density at radius 1 is 1.15 bits per heavy atom. The molecule has 4 heteroatoms. The second-order valence-electron chi connectivity index (χ2n) is 7.62. The van der Waals surface area contributed by atoms with Crippen LogP contribution in [0.5, 0.6) is 5.75 Å². The lowest BCUT2D eigenvalue weighted by Gasteiger charge is -2.51. The van der Waals surface area contributed by atoms with Gasteiger partial charge >= 0.3 is 0 Å². The van der Waals surface area contributed by atoms with Crippen LogP contribution < -0.4 is 9.64 Å². The monoisotopic (exact) mass is 385 g/mol. The summed E-state index contributed by atoms with van der Waals surface area (Å²) in [6.07, 6.45) is 7.71. The first-order chi connectivity index (χ1) is 12.6. The van der Waals surface area contributed by atoms with E-state index in [0.29, 0.717) is 16.1 Å². The zero-order valence-electron chi connectivity index (χ0n) is 14.8. The molecule has 0 saturated heterocycles. The average molecular weight is 386 g/mol. The highest BCUT2D eigenvalue weighted by molar-refractivity contribution is 6.36. The number of rotatable bonds is 1. The topological polar surface area (TPSA) is 12.5 Å². The Bertz CT molecular complexity index is 922. The zero-order chi connectivity index (χ0) is 17.9. The lowest BCUT2D eigenvalue weighted by atomic mass is 9.81. The van der Waals surface area contributed by atoms with Gasteiger partial charge in [-0.25, -0.2) is 0 Å². The molecule has 2 aromatic carbocycles. The number of hydrogen-bond donors (Lipinski definition) is 0. The smallest absolute Gasteiger partial charge is 0.206 e. The molecule has 0 radical (unpaired) electrons. The summed E-state index contributed by atoms with van der Waals surface area (Å²) in [6, 6.07) is 12.8. The maximum atomic E-state index is 6.79. The molecule has 1 saturated carbocycles. The molecule has 0 spiro atoms. The van der Waals surface area contributed by atoms with Gasteiger partial charge in [-0.1, -0.05) is 41.4 Å². The van der Waals surface area contributed by atoms with Crippen LogP contribution in [0.3, 0.4) is 0 Å². The quantitative estimate of drug-likeness (QED) is 0.555. The van der Waals surface area contributed by atoms with Crippen LogP contribution in [0.2, 0.25) is 10.0 Å². The number of halogens is 2. The lowest BCUT2D eigenvalue weighted by molar-refractivity contribution is 0.0667. The maximum absolute atomic E-state index is 6.79. The second-order valence-corrected chi connectivity index (χ2v) is 8.46.